The lowest BCUT2D eigenvalue weighted by Crippen LogP contribution is -2.28. The zero-order chi connectivity index (χ0) is 55.4. The standard InChI is InChI=1S/C44H2F30/c45-15-1(17(47)23(53)7-3(15)37(67)41(71)43(73)39(7)69)5-19(49)25(55)9(26(56)20(5)50)11-29(59)33(63)13(34(64)30(11)60)14-35(65)31(61)12(32(62)36(14)66)10-27(57)21(51)6(22(52)28(10)58)2-16(46)4-8(24(54)18(2)48)40(70)44(74)42(72)38(4)68/h3,7H. The van der Waals surface area contributed by atoms with Crippen molar-refractivity contribution in [1.82, 2.24) is 0 Å². The Morgan fingerprint density at radius 2 is 0.324 bits per heavy atom. The SMILES string of the molecule is FC1=C(F)C2C(F)=C(F)C(c3c(F)c(F)c(-c4c(F)c(F)c(-c5c(F)c(F)c(-c6c(F)c(F)c(-c7c(F)c(F)c8c(F)c(F)c(F)c(F)c8c7F)c(F)c6F)c(F)c5F)c(F)c4F)c(F)c3F)=C(F)C2C(F)=C1F. The number of allylic oxidation sites excluding steroid dienone is 8. The van der Waals surface area contributed by atoms with Gasteiger partial charge in [-0.15, -0.1) is 0 Å². The zero-order valence-corrected chi connectivity index (χ0v) is 33.5. The van der Waals surface area contributed by atoms with Gasteiger partial charge in [-0.1, -0.05) is 0 Å². The van der Waals surface area contributed by atoms with Gasteiger partial charge in [-0.3, -0.25) is 0 Å². The van der Waals surface area contributed by atoms with Crippen LogP contribution in [-0.2, 0) is 0 Å². The third-order valence-electron chi connectivity index (χ3n) is 11.3. The number of fused-ring (bicyclic) bond motifs is 2. The summed E-state index contributed by atoms with van der Waals surface area (Å²) in [5.74, 6) is -105. The van der Waals surface area contributed by atoms with Crippen molar-refractivity contribution in [1.29, 1.82) is 0 Å². The maximum absolute atomic E-state index is 15.6. The zero-order valence-electron chi connectivity index (χ0n) is 33.5. The molecule has 74 heavy (non-hydrogen) atoms. The molecule has 2 aliphatic rings. The predicted molar refractivity (Wildman–Crippen MR) is 187 cm³/mol. The topological polar surface area (TPSA) is 0 Å². The third-order valence-corrected chi connectivity index (χ3v) is 11.3. The van der Waals surface area contributed by atoms with Crippen molar-refractivity contribution in [3.05, 3.63) is 180 Å². The first-order valence-electron chi connectivity index (χ1n) is 18.7. The lowest BCUT2D eigenvalue weighted by Gasteiger charge is -2.31. The molecular weight excluding hydrogens is 1100 g/mol. The molecule has 0 heterocycles. The summed E-state index contributed by atoms with van der Waals surface area (Å²) in [4.78, 5) is 0. The minimum Gasteiger partial charge on any atom is -0.210 e. The van der Waals surface area contributed by atoms with Gasteiger partial charge in [0.2, 0.25) is 0 Å². The highest BCUT2D eigenvalue weighted by Gasteiger charge is 2.52. The molecule has 0 radical (unpaired) electrons. The summed E-state index contributed by atoms with van der Waals surface area (Å²) in [6.45, 7) is 0. The first-order valence-corrected chi connectivity index (χ1v) is 18.7. The highest BCUT2D eigenvalue weighted by Crippen LogP contribution is 2.57. The van der Waals surface area contributed by atoms with Gasteiger partial charge < -0.3 is 0 Å². The smallest absolute Gasteiger partial charge is 0.198 e. The lowest BCUT2D eigenvalue weighted by atomic mass is 9.77. The Morgan fingerprint density at radius 1 is 0.149 bits per heavy atom. The maximum Gasteiger partial charge on any atom is 0.198 e. The highest BCUT2D eigenvalue weighted by atomic mass is 19.2. The monoisotopic (exact) mass is 1100 g/mol. The van der Waals surface area contributed by atoms with Crippen LogP contribution in [0.4, 0.5) is 132 Å². The van der Waals surface area contributed by atoms with Crippen LogP contribution in [0.15, 0.2) is 40.8 Å². The van der Waals surface area contributed by atoms with E-state index in [1.807, 2.05) is 0 Å². The van der Waals surface area contributed by atoms with Gasteiger partial charge in [0.05, 0.1) is 78.3 Å². The third kappa shape index (κ3) is 6.72. The van der Waals surface area contributed by atoms with Crippen molar-refractivity contribution >= 4 is 16.3 Å². The molecule has 6 aromatic carbocycles. The van der Waals surface area contributed by atoms with Crippen LogP contribution in [0.3, 0.4) is 0 Å². The Labute approximate surface area is 384 Å². The molecule has 2 aliphatic carbocycles. The van der Waals surface area contributed by atoms with Crippen molar-refractivity contribution in [2.45, 2.75) is 0 Å². The number of hydrogen-bond acceptors (Lipinski definition) is 0. The maximum atomic E-state index is 15.6. The first kappa shape index (κ1) is 52.8. The summed E-state index contributed by atoms with van der Waals surface area (Å²) in [5.41, 5.74) is -30.3. The Balaban J connectivity index is 1.30. The molecule has 8 rings (SSSR count). The number of hydrogen-bond donors (Lipinski definition) is 0. The molecule has 2 unspecified atom stereocenters. The van der Waals surface area contributed by atoms with Crippen LogP contribution in [0, 0.1) is 146 Å². The van der Waals surface area contributed by atoms with Crippen LogP contribution in [0.2, 0.25) is 0 Å². The average molecular weight is 1100 g/mol. The van der Waals surface area contributed by atoms with Crippen LogP contribution in [0.1, 0.15) is 5.56 Å². The summed E-state index contributed by atoms with van der Waals surface area (Å²) in [5, 5.41) is -5.02. The Bertz CT molecular complexity index is 3670. The van der Waals surface area contributed by atoms with Gasteiger partial charge in [0.25, 0.3) is 0 Å². The van der Waals surface area contributed by atoms with Crippen molar-refractivity contribution < 1.29 is 132 Å². The molecule has 0 aromatic heterocycles. The molecule has 0 N–H and O–H groups in total. The molecule has 0 bridgehead atoms. The number of rotatable bonds is 5. The summed E-state index contributed by atoms with van der Waals surface area (Å²) in [6.07, 6.45) is 0. The fourth-order valence-electron chi connectivity index (χ4n) is 8.02. The predicted octanol–water partition coefficient (Wildman–Crippen LogP) is 17.1. The second-order valence-electron chi connectivity index (χ2n) is 15.0. The van der Waals surface area contributed by atoms with E-state index in [0.717, 1.165) is 0 Å². The second kappa shape index (κ2) is 17.5. The quantitative estimate of drug-likeness (QED) is 0.0917. The molecule has 0 fully saturated rings. The molecule has 0 saturated heterocycles. The number of benzene rings is 6. The molecular formula is C44H2F30. The van der Waals surface area contributed by atoms with Crippen LogP contribution >= 0.6 is 0 Å². The normalized spacial score (nSPS) is 16.3. The summed E-state index contributed by atoms with van der Waals surface area (Å²) >= 11 is 0. The van der Waals surface area contributed by atoms with E-state index in [1.54, 1.807) is 0 Å². The van der Waals surface area contributed by atoms with Crippen molar-refractivity contribution in [2.75, 3.05) is 0 Å². The summed E-state index contributed by atoms with van der Waals surface area (Å²) in [6, 6.07) is 0. The van der Waals surface area contributed by atoms with Crippen LogP contribution < -0.4 is 0 Å². The molecule has 2 atom stereocenters. The van der Waals surface area contributed by atoms with Crippen LogP contribution in [0.25, 0.3) is 60.9 Å². The summed E-state index contributed by atoms with van der Waals surface area (Å²) < 4.78 is 453. The molecule has 6 aromatic rings. The fourth-order valence-corrected chi connectivity index (χ4v) is 8.02. The summed E-state index contributed by atoms with van der Waals surface area (Å²) in [7, 11) is 0. The van der Waals surface area contributed by atoms with Gasteiger partial charge >= 0.3 is 0 Å². The minimum atomic E-state index is -3.58. The molecule has 30 heteroatoms. The molecule has 0 aliphatic heterocycles. The molecule has 0 amide bonds. The first-order chi connectivity index (χ1) is 34.3. The van der Waals surface area contributed by atoms with E-state index in [9.17, 15) is 43.9 Å². The van der Waals surface area contributed by atoms with E-state index in [4.69, 9.17) is 0 Å². The van der Waals surface area contributed by atoms with Crippen molar-refractivity contribution in [3.63, 3.8) is 0 Å². The van der Waals surface area contributed by atoms with E-state index in [0.29, 0.717) is 0 Å². The minimum absolute atomic E-state index is 2.47. The molecule has 0 spiro atoms. The van der Waals surface area contributed by atoms with Crippen LogP contribution in [-0.4, -0.2) is 0 Å². The van der Waals surface area contributed by atoms with E-state index >= 15 is 87.8 Å². The Hall–Kier alpha value is -7.56. The van der Waals surface area contributed by atoms with Gasteiger partial charge in [-0.05, 0) is 0 Å². The van der Waals surface area contributed by atoms with Crippen molar-refractivity contribution in [3.8, 4) is 44.5 Å². The van der Waals surface area contributed by atoms with Gasteiger partial charge in [0, 0.05) is 0 Å². The van der Waals surface area contributed by atoms with E-state index < -0.39 is 253 Å². The van der Waals surface area contributed by atoms with Crippen LogP contribution in [0.5, 0.6) is 0 Å². The van der Waals surface area contributed by atoms with Gasteiger partial charge in [-0.2, -0.15) is 0 Å². The average Bonchev–Trinajstić information content (AvgIpc) is 3.35. The van der Waals surface area contributed by atoms with E-state index in [2.05, 4.69) is 0 Å². The highest BCUT2D eigenvalue weighted by molar-refractivity contribution is 5.91. The van der Waals surface area contributed by atoms with Gasteiger partial charge in [0.15, 0.2) is 145 Å². The van der Waals surface area contributed by atoms with E-state index in [1.165, 1.54) is 0 Å². The Kier molecular flexibility index (Phi) is 12.5. The van der Waals surface area contributed by atoms with Gasteiger partial charge in [-0.25, -0.2) is 132 Å². The van der Waals surface area contributed by atoms with Crippen molar-refractivity contribution in [2.24, 2.45) is 11.8 Å². The molecule has 388 valence electrons. The second-order valence-corrected chi connectivity index (χ2v) is 15.0. The molecule has 0 nitrogen and oxygen atoms in total. The lowest BCUT2D eigenvalue weighted by molar-refractivity contribution is 0.257. The fraction of sp³-hybridized carbons (Fsp3) is 0.0455. The Morgan fingerprint density at radius 3 is 0.595 bits per heavy atom. The molecule has 0 saturated carbocycles. The van der Waals surface area contributed by atoms with E-state index in [-0.39, 0.29) is 0 Å². The number of halogens is 30. The van der Waals surface area contributed by atoms with Gasteiger partial charge in [0.1, 0.15) is 29.1 Å². The largest absolute Gasteiger partial charge is 0.210 e.